The van der Waals surface area contributed by atoms with Crippen molar-refractivity contribution in [3.05, 3.63) is 116 Å². The highest BCUT2D eigenvalue weighted by atomic mass is 19.3. The van der Waals surface area contributed by atoms with Crippen LogP contribution in [0.25, 0.3) is 45.1 Å². The van der Waals surface area contributed by atoms with Gasteiger partial charge in [0.15, 0.2) is 33.9 Å². The van der Waals surface area contributed by atoms with E-state index in [0.717, 1.165) is 13.7 Å². The van der Waals surface area contributed by atoms with Crippen molar-refractivity contribution in [1.82, 2.24) is 67.3 Å². The molecule has 1 amide bonds. The van der Waals surface area contributed by atoms with Gasteiger partial charge in [0, 0.05) is 53.1 Å². The van der Waals surface area contributed by atoms with E-state index < -0.39 is 82.0 Å². The van der Waals surface area contributed by atoms with Crippen LogP contribution in [-0.4, -0.2) is 134 Å². The Morgan fingerprint density at radius 1 is 0.612 bits per heavy atom. The molecule has 12 rings (SSSR count). The van der Waals surface area contributed by atoms with E-state index in [4.69, 9.17) is 10.8 Å². The minimum atomic E-state index is -2.58. The number of anilines is 4. The Hall–Kier alpha value is -9.84. The summed E-state index contributed by atoms with van der Waals surface area (Å²) in [4.78, 5) is 136. The van der Waals surface area contributed by atoms with Crippen molar-refractivity contribution in [3.8, 4) is 22.8 Å². The zero-order valence-corrected chi connectivity index (χ0v) is 46.5. The highest BCUT2D eigenvalue weighted by molar-refractivity contribution is 5.94. The van der Waals surface area contributed by atoms with Gasteiger partial charge < -0.3 is 35.1 Å². The van der Waals surface area contributed by atoms with Crippen LogP contribution in [0.1, 0.15) is 52.6 Å². The number of nitrogens with two attached hydrogens (primary N) is 1. The van der Waals surface area contributed by atoms with Gasteiger partial charge in [-0.05, 0) is 38.1 Å². The van der Waals surface area contributed by atoms with Crippen LogP contribution in [0.5, 0.6) is 0 Å². The Labute approximate surface area is 477 Å². The molecule has 8 aromatic rings. The Kier molecular flexibility index (Phi) is 15.4. The molecule has 0 spiro atoms. The van der Waals surface area contributed by atoms with Gasteiger partial charge in [0.05, 0.1) is 85.6 Å². The highest BCUT2D eigenvalue weighted by Crippen LogP contribution is 2.60. The van der Waals surface area contributed by atoms with Crippen LogP contribution in [0.15, 0.2) is 93.0 Å². The first-order chi connectivity index (χ1) is 40.3. The molecular weight excluding hydrogens is 1120 g/mol. The van der Waals surface area contributed by atoms with Crippen LogP contribution in [0, 0.1) is 23.7 Å². The second-order valence-corrected chi connectivity index (χ2v) is 21.0. The number of carboxylic acids is 1. The molecule has 4 unspecified atom stereocenters. The number of nitrogen functional groups attached to an aromatic ring is 1. The van der Waals surface area contributed by atoms with Crippen molar-refractivity contribution in [2.45, 2.75) is 77.6 Å². The number of imidazole rings is 2. The van der Waals surface area contributed by atoms with Gasteiger partial charge in [0.1, 0.15) is 46.7 Å². The van der Waals surface area contributed by atoms with E-state index >= 15 is 0 Å². The third kappa shape index (κ3) is 10.9. The number of fused-ring (bicyclic) bond motifs is 4. The first kappa shape index (κ1) is 58.4. The fourth-order valence-electron chi connectivity index (χ4n) is 10.4. The third-order valence-corrected chi connectivity index (χ3v) is 15.8. The quantitative estimate of drug-likeness (QED) is 0.124. The lowest BCUT2D eigenvalue weighted by atomic mass is 10.2. The van der Waals surface area contributed by atoms with Gasteiger partial charge >= 0.3 is 17.3 Å². The summed E-state index contributed by atoms with van der Waals surface area (Å²) in [6.45, 7) is 6.71. The molecule has 27 nitrogen and oxygen atoms in total. The zero-order valence-electron chi connectivity index (χ0n) is 46.5. The Balaban J connectivity index is 0.000000157. The molecule has 0 aromatic carbocycles. The van der Waals surface area contributed by atoms with Crippen LogP contribution in [0.4, 0.5) is 40.8 Å². The van der Waals surface area contributed by atoms with Crippen LogP contribution >= 0.6 is 0 Å². The Morgan fingerprint density at radius 2 is 1.04 bits per heavy atom. The van der Waals surface area contributed by atoms with E-state index in [1.807, 2.05) is 4.90 Å². The number of carboxylic acid groups (broad SMARTS) is 1. The maximum absolute atomic E-state index is 13.5. The molecule has 444 valence electrons. The number of rotatable bonds is 15. The number of piperidine rings is 2. The van der Waals surface area contributed by atoms with Gasteiger partial charge in [-0.25, -0.2) is 71.8 Å². The van der Waals surface area contributed by atoms with Gasteiger partial charge in [-0.15, -0.1) is 0 Å². The van der Waals surface area contributed by atoms with Crippen molar-refractivity contribution in [3.63, 3.8) is 0 Å². The predicted octanol–water partition coefficient (Wildman–Crippen LogP) is 2.97. The smallest absolute Gasteiger partial charge is 0.332 e. The van der Waals surface area contributed by atoms with Crippen molar-refractivity contribution in [2.24, 2.45) is 37.8 Å². The average Bonchev–Trinajstić information content (AvgIpc) is 1.63. The lowest BCUT2D eigenvalue weighted by molar-refractivity contribution is -0.140. The van der Waals surface area contributed by atoms with Crippen molar-refractivity contribution in [1.29, 1.82) is 0 Å². The summed E-state index contributed by atoms with van der Waals surface area (Å²) in [6.07, 6.45) is 9.08. The summed E-state index contributed by atoms with van der Waals surface area (Å²) in [5.74, 6) is -7.74. The van der Waals surface area contributed by atoms with Gasteiger partial charge in [0.2, 0.25) is 5.91 Å². The molecule has 0 radical (unpaired) electrons. The predicted molar refractivity (Wildman–Crippen MR) is 298 cm³/mol. The standard InChI is InChI=1S/C27H27F2N9O4.C14H13F2N5.C13H16N4O5/c1-4-15(39)10-37-25(41)22-23(35(3)26(37)42)32-13-38(22)14(2)24(40)34-20-7-5-6-18(33-20)19-8-31-21(9-30-19)36-11-16-17(12-36)27(16,28)29;15-14(16)8-6-21(7-9(8)14)13-5-18-11(4-19-13)10-2-1-3-12(17)20-10;1-4-8(18)5-16-11(19)9-10(15(3)13(16)22)14-6-17(9)7(2)12(20)21/h5-9,13-14,16-17H,4,10-12H2,1-3H3,(H,33,34,40);1-5,8-9H,6-7H2,(H2,17,20);6-7H,4-5H2,1-3H3,(H,20,21)/t14-,16?,17?;;7-/m0.0/s1. The van der Waals surface area contributed by atoms with Crippen LogP contribution in [0.3, 0.4) is 0 Å². The van der Waals surface area contributed by atoms with Crippen molar-refractivity contribution in [2.75, 3.05) is 47.0 Å². The monoisotopic (exact) mass is 1180 g/mol. The number of amides is 1. The second-order valence-electron chi connectivity index (χ2n) is 21.0. The summed E-state index contributed by atoms with van der Waals surface area (Å²) in [6, 6.07) is 8.30. The molecule has 6 atom stereocenters. The number of aliphatic carboxylic acids is 1. The number of nitrogens with one attached hydrogen (secondary N) is 1. The topological polar surface area (TPSA) is 334 Å². The number of aromatic nitrogens is 14. The van der Waals surface area contributed by atoms with E-state index in [-0.39, 0.29) is 78.7 Å². The molecular formula is C54H56F4N18O9. The molecule has 85 heavy (non-hydrogen) atoms. The molecule has 4 fully saturated rings. The molecule has 4 aliphatic rings. The fourth-order valence-corrected chi connectivity index (χ4v) is 10.4. The maximum atomic E-state index is 13.5. The largest absolute Gasteiger partial charge is 0.480 e. The number of carbonyl (C=O) groups excluding carboxylic acids is 3. The summed E-state index contributed by atoms with van der Waals surface area (Å²) in [5, 5.41) is 11.8. The SMILES string of the molecule is CCC(=O)Cn1c(=O)c2c(ncn2[C@@H](C)C(=O)Nc2cccc(-c3cnc(N4CC5C(C4)C5(F)F)cn3)n2)n(C)c1=O.CCC(=O)Cn1c(=O)c2c(ncn2[C@@H](C)C(=O)O)n(C)c1=O.Nc1cccc(-c2cnc(N3CC4C(C3)C4(F)F)cn2)n1. The molecule has 2 aliphatic carbocycles. The first-order valence-corrected chi connectivity index (χ1v) is 26.9. The van der Waals surface area contributed by atoms with E-state index in [1.165, 1.54) is 59.8 Å². The highest BCUT2D eigenvalue weighted by Gasteiger charge is 2.72. The fraction of sp³-hybridized carbons (Fsp3) is 0.407. The van der Waals surface area contributed by atoms with Gasteiger partial charge in [-0.1, -0.05) is 26.0 Å². The van der Waals surface area contributed by atoms with Crippen LogP contribution < -0.4 is 43.3 Å². The average molecular weight is 1180 g/mol. The molecule has 10 heterocycles. The number of hydrogen-bond acceptors (Lipinski definition) is 19. The maximum Gasteiger partial charge on any atom is 0.332 e. The van der Waals surface area contributed by atoms with Crippen molar-refractivity contribution < 1.29 is 41.8 Å². The number of halogens is 4. The summed E-state index contributed by atoms with van der Waals surface area (Å²) < 4.78 is 59.9. The van der Waals surface area contributed by atoms with E-state index in [2.05, 4.69) is 45.2 Å². The number of Topliss-reactive ketones (excluding diaryl/α,β-unsaturated/α-hetero) is 2. The van der Waals surface area contributed by atoms with E-state index in [0.29, 0.717) is 53.3 Å². The number of aryl methyl sites for hydroxylation is 2. The van der Waals surface area contributed by atoms with Gasteiger partial charge in [-0.2, -0.15) is 0 Å². The number of nitrogens with zero attached hydrogens (tertiary/aromatic N) is 16. The van der Waals surface area contributed by atoms with Crippen LogP contribution in [0.2, 0.25) is 0 Å². The van der Waals surface area contributed by atoms with Gasteiger partial charge in [-0.3, -0.25) is 42.2 Å². The third-order valence-electron chi connectivity index (χ3n) is 15.8. The van der Waals surface area contributed by atoms with E-state index in [1.54, 1.807) is 74.5 Å². The molecule has 2 aliphatic heterocycles. The number of alkyl halides is 4. The molecule has 31 heteroatoms. The number of hydrogen-bond donors (Lipinski definition) is 3. The Bertz CT molecular complexity index is 4190. The lowest BCUT2D eigenvalue weighted by Crippen LogP contribution is -2.41. The normalized spacial score (nSPS) is 19.2. The molecule has 4 N–H and O–H groups in total. The summed E-state index contributed by atoms with van der Waals surface area (Å²) in [5.41, 5.74) is 5.16. The van der Waals surface area contributed by atoms with E-state index in [9.17, 15) is 55.9 Å². The minimum Gasteiger partial charge on any atom is -0.480 e. The zero-order chi connectivity index (χ0) is 61.1. The summed E-state index contributed by atoms with van der Waals surface area (Å²) >= 11 is 0. The van der Waals surface area contributed by atoms with Crippen LogP contribution in [-0.2, 0) is 46.4 Å². The number of pyridine rings is 2. The number of ketones is 2. The Morgan fingerprint density at radius 3 is 1.44 bits per heavy atom. The lowest BCUT2D eigenvalue weighted by Gasteiger charge is -2.20. The molecule has 8 aromatic heterocycles. The second kappa shape index (κ2) is 22.4. The molecule has 0 bridgehead atoms. The van der Waals surface area contributed by atoms with Crippen molar-refractivity contribution >= 4 is 69.0 Å². The summed E-state index contributed by atoms with van der Waals surface area (Å²) in [7, 11) is 2.86. The minimum absolute atomic E-state index is 0.0131. The first-order valence-electron chi connectivity index (χ1n) is 26.9. The molecule has 2 saturated heterocycles. The van der Waals surface area contributed by atoms with Gasteiger partial charge in [0.25, 0.3) is 23.0 Å². The number of carbonyl (C=O) groups is 4. The molecule has 2 saturated carbocycles.